The van der Waals surface area contributed by atoms with E-state index in [1.54, 1.807) is 0 Å². The third-order valence-corrected chi connectivity index (χ3v) is 8.91. The fraction of sp³-hybridized carbons (Fsp3) is 0.872. The van der Waals surface area contributed by atoms with Crippen LogP contribution in [0.15, 0.2) is 25.3 Å². The van der Waals surface area contributed by atoms with Gasteiger partial charge in [0, 0.05) is 12.2 Å². The van der Waals surface area contributed by atoms with Crippen molar-refractivity contribution in [2.45, 2.75) is 169 Å². The van der Waals surface area contributed by atoms with Crippen LogP contribution in [0.3, 0.4) is 0 Å². The Bertz CT molecular complexity index is 1160. The Hall–Kier alpha value is -2.10. The Kier molecular flexibility index (Phi) is 37.7. The van der Waals surface area contributed by atoms with Crippen molar-refractivity contribution in [3.8, 4) is 0 Å². The molecule has 0 amide bonds. The van der Waals surface area contributed by atoms with Crippen molar-refractivity contribution in [2.75, 3.05) is 99.1 Å². The lowest BCUT2D eigenvalue weighted by Gasteiger charge is -2.23. The zero-order valence-electron chi connectivity index (χ0n) is 41.6. The maximum atomic E-state index is 11.2. The summed E-state index contributed by atoms with van der Waals surface area (Å²) in [5.41, 5.74) is 0. The lowest BCUT2D eigenvalue weighted by atomic mass is 10.3. The molecular weight excluding hydrogens is 836 g/mol. The summed E-state index contributed by atoms with van der Waals surface area (Å²) in [6.07, 6.45) is 0.530. The summed E-state index contributed by atoms with van der Waals surface area (Å²) in [6, 6.07) is 0. The fourth-order valence-corrected chi connectivity index (χ4v) is 4.93. The molecule has 0 radical (unpaired) electrons. The van der Waals surface area contributed by atoms with Gasteiger partial charge < -0.3 is 71.1 Å². The second-order valence-corrected chi connectivity index (χ2v) is 16.6. The zero-order chi connectivity index (χ0) is 48.3. The maximum absolute atomic E-state index is 11.2. The smallest absolute Gasteiger partial charge is 0.330 e. The molecule has 0 N–H and O–H groups in total. The minimum Gasteiger partial charge on any atom is -0.460 e. The van der Waals surface area contributed by atoms with E-state index in [0.717, 1.165) is 12.2 Å². The molecule has 0 saturated carbocycles. The summed E-state index contributed by atoms with van der Waals surface area (Å²) >= 11 is 0. The van der Waals surface area contributed by atoms with Crippen LogP contribution in [0, 0.1) is 0 Å². The molecule has 0 fully saturated rings. The average molecular weight is 925 g/mol. The van der Waals surface area contributed by atoms with Gasteiger partial charge in [0.15, 0.2) is 0 Å². The molecule has 13 atom stereocenters. The van der Waals surface area contributed by atoms with Gasteiger partial charge >= 0.3 is 11.9 Å². The van der Waals surface area contributed by atoms with Crippen LogP contribution >= 0.6 is 0 Å². The Morgan fingerprint density at radius 1 is 0.281 bits per heavy atom. The number of carbonyl (C=O) groups is 2. The Balaban J connectivity index is 3.98. The summed E-state index contributed by atoms with van der Waals surface area (Å²) in [6.45, 7) is 37.6. The van der Waals surface area contributed by atoms with Crippen LogP contribution in [0.1, 0.15) is 90.0 Å². The highest BCUT2D eigenvalue weighted by molar-refractivity contribution is 5.81. The van der Waals surface area contributed by atoms with Gasteiger partial charge in [-0.2, -0.15) is 0 Å². The number of ether oxygens (including phenoxy) is 15. The molecule has 378 valence electrons. The van der Waals surface area contributed by atoms with Crippen LogP contribution in [0.2, 0.25) is 0 Å². The molecule has 17 heteroatoms. The van der Waals surface area contributed by atoms with Crippen LogP contribution in [-0.2, 0) is 80.6 Å². The quantitative estimate of drug-likeness (QED) is 0.0413. The average Bonchev–Trinajstić information content (AvgIpc) is 3.28. The highest BCUT2D eigenvalue weighted by Crippen LogP contribution is 2.08. The van der Waals surface area contributed by atoms with Crippen LogP contribution in [-0.4, -0.2) is 190 Å². The van der Waals surface area contributed by atoms with Gasteiger partial charge in [0.25, 0.3) is 0 Å². The monoisotopic (exact) mass is 925 g/mol. The number of rotatable bonds is 44. The Morgan fingerprint density at radius 3 is 0.656 bits per heavy atom. The molecule has 0 rings (SSSR count). The van der Waals surface area contributed by atoms with Gasteiger partial charge in [-0.25, -0.2) is 9.59 Å². The van der Waals surface area contributed by atoms with Crippen molar-refractivity contribution in [2.24, 2.45) is 0 Å². The van der Waals surface area contributed by atoms with Crippen molar-refractivity contribution >= 4 is 11.9 Å². The molecule has 0 aliphatic rings. The van der Waals surface area contributed by atoms with Crippen molar-refractivity contribution in [1.29, 1.82) is 0 Å². The summed E-state index contributed by atoms with van der Waals surface area (Å²) in [7, 11) is 0. The molecule has 0 bridgehead atoms. The Labute approximate surface area is 385 Å². The molecule has 0 heterocycles. The third kappa shape index (κ3) is 38.1. The third-order valence-electron chi connectivity index (χ3n) is 8.91. The normalized spacial score (nSPS) is 18.0. The number of hydrogen-bond donors (Lipinski definition) is 0. The SMILES string of the molecule is C=CC(=O)OCCOC(C)COC(C)COC(C)COC(C)COC(C)COC(C)COC(C)COC(C)COC(C)COC(C)COC(C)COC(C)COC(C)COC(=O)C=C. The van der Waals surface area contributed by atoms with Gasteiger partial charge in [-0.05, 0) is 90.0 Å². The van der Waals surface area contributed by atoms with Crippen LogP contribution in [0.5, 0.6) is 0 Å². The summed E-state index contributed by atoms with van der Waals surface area (Å²) in [4.78, 5) is 22.2. The molecule has 0 spiro atoms. The molecule has 0 aromatic rings. The molecule has 0 aliphatic carbocycles. The van der Waals surface area contributed by atoms with Gasteiger partial charge in [-0.15, -0.1) is 0 Å². The predicted octanol–water partition coefficient (Wildman–Crippen LogP) is 5.71. The number of esters is 2. The fourth-order valence-electron chi connectivity index (χ4n) is 4.93. The second kappa shape index (κ2) is 38.9. The van der Waals surface area contributed by atoms with E-state index < -0.39 is 11.9 Å². The van der Waals surface area contributed by atoms with E-state index in [9.17, 15) is 9.59 Å². The highest BCUT2D eigenvalue weighted by Gasteiger charge is 2.17. The van der Waals surface area contributed by atoms with E-state index >= 15 is 0 Å². The minimum absolute atomic E-state index is 0.115. The Morgan fingerprint density at radius 2 is 0.453 bits per heavy atom. The van der Waals surface area contributed by atoms with E-state index in [-0.39, 0.29) is 99.2 Å². The summed E-state index contributed by atoms with van der Waals surface area (Å²) < 4.78 is 86.2. The van der Waals surface area contributed by atoms with E-state index in [2.05, 4.69) is 13.2 Å². The lowest BCUT2D eigenvalue weighted by molar-refractivity contribution is -0.143. The zero-order valence-corrected chi connectivity index (χ0v) is 41.6. The second-order valence-electron chi connectivity index (χ2n) is 16.6. The van der Waals surface area contributed by atoms with E-state index in [0.29, 0.717) is 79.3 Å². The molecule has 17 nitrogen and oxygen atoms in total. The molecule has 0 aromatic carbocycles. The van der Waals surface area contributed by atoms with Crippen molar-refractivity contribution < 1.29 is 80.6 Å². The van der Waals surface area contributed by atoms with Crippen LogP contribution in [0.4, 0.5) is 0 Å². The van der Waals surface area contributed by atoms with E-state index in [1.165, 1.54) is 0 Å². The standard InChI is InChI=1S/C47H88O17/c1-16-46(48)51-19-18-50-33(3)20-52-34(4)21-53-35(5)22-54-36(6)23-55-37(7)24-56-38(8)25-57-39(9)26-58-40(10)27-59-41(11)28-60-42(12)29-61-43(13)30-62-44(14)31-63-45(15)32-64-47(49)17-2/h16-17,33-45H,1-2,18-32H2,3-15H3. The number of hydrogen-bond acceptors (Lipinski definition) is 17. The summed E-state index contributed by atoms with van der Waals surface area (Å²) in [5, 5.41) is 0. The molecule has 0 aromatic heterocycles. The van der Waals surface area contributed by atoms with Gasteiger partial charge in [-0.3, -0.25) is 0 Å². The minimum atomic E-state index is -0.472. The predicted molar refractivity (Wildman–Crippen MR) is 243 cm³/mol. The first-order valence-electron chi connectivity index (χ1n) is 22.9. The molecule has 0 saturated heterocycles. The first-order chi connectivity index (χ1) is 30.3. The van der Waals surface area contributed by atoms with Gasteiger partial charge in [0.05, 0.1) is 165 Å². The van der Waals surface area contributed by atoms with Gasteiger partial charge in [0.1, 0.15) is 13.2 Å². The lowest BCUT2D eigenvalue weighted by Crippen LogP contribution is -2.31. The molecular formula is C47H88O17. The summed E-state index contributed by atoms with van der Waals surface area (Å²) in [5.74, 6) is -0.943. The van der Waals surface area contributed by atoms with Crippen molar-refractivity contribution in [3.63, 3.8) is 0 Å². The molecule has 13 unspecified atom stereocenters. The largest absolute Gasteiger partial charge is 0.460 e. The molecule has 64 heavy (non-hydrogen) atoms. The van der Waals surface area contributed by atoms with Gasteiger partial charge in [-0.1, -0.05) is 13.2 Å². The highest BCUT2D eigenvalue weighted by atomic mass is 16.6. The van der Waals surface area contributed by atoms with Crippen LogP contribution < -0.4 is 0 Å². The number of carbonyl (C=O) groups excluding carboxylic acids is 2. The first-order valence-corrected chi connectivity index (χ1v) is 22.9. The van der Waals surface area contributed by atoms with Gasteiger partial charge in [0.2, 0.25) is 0 Å². The van der Waals surface area contributed by atoms with Crippen molar-refractivity contribution in [1.82, 2.24) is 0 Å². The maximum Gasteiger partial charge on any atom is 0.330 e. The van der Waals surface area contributed by atoms with Crippen LogP contribution in [0.25, 0.3) is 0 Å². The topological polar surface area (TPSA) is 173 Å². The van der Waals surface area contributed by atoms with E-state index in [4.69, 9.17) is 71.1 Å². The first kappa shape index (κ1) is 61.9. The molecule has 0 aliphatic heterocycles. The van der Waals surface area contributed by atoms with Crippen molar-refractivity contribution in [3.05, 3.63) is 25.3 Å². The van der Waals surface area contributed by atoms with E-state index in [1.807, 2.05) is 90.0 Å².